The van der Waals surface area contributed by atoms with Crippen molar-refractivity contribution in [1.29, 1.82) is 0 Å². The zero-order valence-corrected chi connectivity index (χ0v) is 48.0. The summed E-state index contributed by atoms with van der Waals surface area (Å²) in [7, 11) is 0. The molecule has 8 aromatic carbocycles. The van der Waals surface area contributed by atoms with Gasteiger partial charge < -0.3 is 14.4 Å². The van der Waals surface area contributed by atoms with Crippen LogP contribution in [0.1, 0.15) is 157 Å². The molecule has 9 aromatic rings. The second kappa shape index (κ2) is 17.1. The van der Waals surface area contributed by atoms with Gasteiger partial charge in [-0.3, -0.25) is 0 Å². The third kappa shape index (κ3) is 8.43. The van der Waals surface area contributed by atoms with Crippen LogP contribution in [-0.2, 0) is 32.5 Å². The van der Waals surface area contributed by atoms with Crippen molar-refractivity contribution >= 4 is 79.0 Å². The van der Waals surface area contributed by atoms with Gasteiger partial charge in [0.1, 0.15) is 0 Å². The summed E-state index contributed by atoms with van der Waals surface area (Å²) in [6.07, 6.45) is 0. The minimum atomic E-state index is -0.344. The van der Waals surface area contributed by atoms with Crippen molar-refractivity contribution in [1.82, 2.24) is 4.57 Å². The van der Waals surface area contributed by atoms with E-state index in [1.54, 1.807) is 0 Å². The Kier molecular flexibility index (Phi) is 11.5. The summed E-state index contributed by atoms with van der Waals surface area (Å²) < 4.78 is 2.51. The van der Waals surface area contributed by atoms with E-state index in [4.69, 9.17) is 0 Å². The number of aromatic nitrogens is 1. The summed E-state index contributed by atoms with van der Waals surface area (Å²) in [5.74, 6) is 0. The first-order valence-corrected chi connectivity index (χ1v) is 27.5. The quantitative estimate of drug-likeness (QED) is 0.159. The fraction of sp³-hybridized carbons (Fsp3) is 0.324. The molecule has 0 saturated carbocycles. The van der Waals surface area contributed by atoms with Gasteiger partial charge in [0, 0.05) is 50.3 Å². The molecule has 2 aliphatic rings. The number of para-hydroxylation sites is 1. The van der Waals surface area contributed by atoms with Crippen molar-refractivity contribution in [2.75, 3.05) is 9.80 Å². The van der Waals surface area contributed by atoms with Crippen molar-refractivity contribution < 1.29 is 0 Å². The summed E-state index contributed by atoms with van der Waals surface area (Å²) in [6, 6.07) is 63.9. The van der Waals surface area contributed by atoms with Crippen LogP contribution in [0.3, 0.4) is 0 Å². The van der Waals surface area contributed by atoms with Gasteiger partial charge in [0.15, 0.2) is 0 Å². The van der Waals surface area contributed by atoms with Crippen molar-refractivity contribution in [3.05, 3.63) is 203 Å². The number of rotatable bonds is 5. The molecule has 0 spiro atoms. The highest BCUT2D eigenvalue weighted by Gasteiger charge is 2.48. The number of hydrogen-bond donors (Lipinski definition) is 0. The Bertz CT molecular complexity index is 3610. The smallest absolute Gasteiger partial charge is 0.247 e. The molecule has 0 N–H and O–H groups in total. The highest BCUT2D eigenvalue weighted by atomic mass is 15.2. The summed E-state index contributed by atoms with van der Waals surface area (Å²) in [6.45, 7) is 39.7. The van der Waals surface area contributed by atoms with Gasteiger partial charge in [-0.25, -0.2) is 0 Å². The van der Waals surface area contributed by atoms with Gasteiger partial charge in [-0.15, -0.1) is 0 Å². The van der Waals surface area contributed by atoms with E-state index < -0.39 is 0 Å². The van der Waals surface area contributed by atoms with Gasteiger partial charge >= 0.3 is 0 Å². The van der Waals surface area contributed by atoms with Crippen LogP contribution < -0.4 is 26.2 Å². The van der Waals surface area contributed by atoms with Gasteiger partial charge in [0.05, 0.1) is 16.7 Å². The number of hydrogen-bond acceptors (Lipinski definition) is 2. The van der Waals surface area contributed by atoms with Gasteiger partial charge in [0.25, 0.3) is 0 Å². The predicted octanol–water partition coefficient (Wildman–Crippen LogP) is 17.7. The molecule has 3 nitrogen and oxygen atoms in total. The zero-order valence-electron chi connectivity index (χ0n) is 48.0. The minimum absolute atomic E-state index is 0.00985. The fourth-order valence-electron chi connectivity index (χ4n) is 12.3. The normalized spacial score (nSPS) is 14.5. The third-order valence-corrected chi connectivity index (χ3v) is 16.8. The summed E-state index contributed by atoms with van der Waals surface area (Å²) >= 11 is 0. The maximum Gasteiger partial charge on any atom is 0.247 e. The van der Waals surface area contributed by atoms with E-state index in [9.17, 15) is 0 Å². The van der Waals surface area contributed by atoms with Crippen LogP contribution in [-0.4, -0.2) is 11.3 Å². The van der Waals surface area contributed by atoms with E-state index in [1.165, 1.54) is 99.9 Å². The van der Waals surface area contributed by atoms with Gasteiger partial charge in [-0.1, -0.05) is 208 Å². The van der Waals surface area contributed by atoms with Crippen molar-refractivity contribution in [3.8, 4) is 5.69 Å². The second-order valence-corrected chi connectivity index (χ2v) is 27.6. The van der Waals surface area contributed by atoms with Gasteiger partial charge in [-0.2, -0.15) is 0 Å². The molecule has 0 radical (unpaired) electrons. The molecular formula is C71H78BN3. The van der Waals surface area contributed by atoms with Crippen molar-refractivity contribution in [2.45, 2.75) is 150 Å². The first-order chi connectivity index (χ1) is 35.1. The van der Waals surface area contributed by atoms with E-state index in [1.807, 2.05) is 0 Å². The highest BCUT2D eigenvalue weighted by molar-refractivity contribution is 6.99. The molecular weight excluding hydrogens is 906 g/mol. The molecule has 380 valence electrons. The number of nitrogens with zero attached hydrogens (tertiary/aromatic N) is 3. The monoisotopic (exact) mass is 984 g/mol. The zero-order chi connectivity index (χ0) is 53.5. The Hall–Kier alpha value is -6.78. The fourth-order valence-corrected chi connectivity index (χ4v) is 12.3. The van der Waals surface area contributed by atoms with E-state index in [2.05, 4.69) is 296 Å². The molecule has 0 saturated heterocycles. The molecule has 0 fully saturated rings. The van der Waals surface area contributed by atoms with Crippen LogP contribution in [0.2, 0.25) is 0 Å². The van der Waals surface area contributed by atoms with Crippen LogP contribution in [0.15, 0.2) is 164 Å². The van der Waals surface area contributed by atoms with Crippen LogP contribution in [0.25, 0.3) is 27.5 Å². The lowest BCUT2D eigenvalue weighted by Crippen LogP contribution is -2.64. The van der Waals surface area contributed by atoms with E-state index in [0.29, 0.717) is 0 Å². The van der Waals surface area contributed by atoms with Crippen LogP contribution in [0.5, 0.6) is 0 Å². The number of fused-ring (bicyclic) bond motifs is 8. The second-order valence-electron chi connectivity index (χ2n) is 27.6. The molecule has 3 heterocycles. The van der Waals surface area contributed by atoms with E-state index >= 15 is 0 Å². The Morgan fingerprint density at radius 1 is 0.400 bits per heavy atom. The van der Waals surface area contributed by atoms with Crippen LogP contribution in [0.4, 0.5) is 34.1 Å². The van der Waals surface area contributed by atoms with Crippen LogP contribution in [0, 0.1) is 0 Å². The summed E-state index contributed by atoms with van der Waals surface area (Å²) in [5.41, 5.74) is 24.0. The minimum Gasteiger partial charge on any atom is -0.311 e. The molecule has 0 unspecified atom stereocenters. The lowest BCUT2D eigenvalue weighted by atomic mass is 9.30. The Balaban J connectivity index is 1.21. The highest BCUT2D eigenvalue weighted by Crippen LogP contribution is 2.50. The Labute approximate surface area is 449 Å². The lowest BCUT2D eigenvalue weighted by molar-refractivity contribution is 0.583. The average Bonchev–Trinajstić information content (AvgIpc) is 3.71. The SMILES string of the molecule is CC(C)(C)c1ccc(N(c2ccc(C(C)(C)C)cc2)c2ccc3c(c2)C(C)(C)c2cc(C(C)(C)C)cc4c2B3c2ccc3c(c2N4c2ccc(C(C)(C)C)cc2)c2ccccc2n3-c2ccc(C(C)(C)C)cc2)cc1. The predicted molar refractivity (Wildman–Crippen MR) is 327 cm³/mol. The first-order valence-electron chi connectivity index (χ1n) is 27.5. The maximum atomic E-state index is 2.66. The Morgan fingerprint density at radius 2 is 0.853 bits per heavy atom. The number of anilines is 6. The maximum absolute atomic E-state index is 2.66. The molecule has 0 aliphatic carbocycles. The summed E-state index contributed by atoms with van der Waals surface area (Å²) in [5, 5.41) is 2.54. The molecule has 2 aliphatic heterocycles. The molecule has 1 aromatic heterocycles. The van der Waals surface area contributed by atoms with Crippen molar-refractivity contribution in [2.24, 2.45) is 0 Å². The van der Waals surface area contributed by atoms with Crippen molar-refractivity contribution in [3.63, 3.8) is 0 Å². The van der Waals surface area contributed by atoms with Crippen LogP contribution >= 0.6 is 0 Å². The molecule has 0 amide bonds. The molecule has 75 heavy (non-hydrogen) atoms. The summed E-state index contributed by atoms with van der Waals surface area (Å²) in [4.78, 5) is 5.14. The Morgan fingerprint density at radius 3 is 1.36 bits per heavy atom. The largest absolute Gasteiger partial charge is 0.311 e. The molecule has 4 heteroatoms. The van der Waals surface area contributed by atoms with Gasteiger partial charge in [0.2, 0.25) is 6.71 Å². The molecule has 0 bridgehead atoms. The third-order valence-electron chi connectivity index (χ3n) is 16.8. The number of benzene rings is 8. The first kappa shape index (κ1) is 50.4. The molecule has 11 rings (SSSR count). The van der Waals surface area contributed by atoms with E-state index in [0.717, 1.165) is 17.1 Å². The lowest BCUT2D eigenvalue weighted by Gasteiger charge is -2.47. The van der Waals surface area contributed by atoms with E-state index in [-0.39, 0.29) is 39.2 Å². The standard InChI is InChI=1S/C71H78BN3/c1-66(2,3)45-22-30-50(31-23-45)73(51-32-24-46(25-33-51)67(4,5)6)54-38-39-58-56(44-54)71(16,17)57-42-49(70(13,14)15)43-62-64(57)72(58)59-40-41-61-63(65(59)75(62)53-36-28-48(29-37-53)69(10,11)12)55-20-18-19-21-60(55)74(61)52-34-26-47(27-35-52)68(7,8)9/h18-44H,1-17H3. The average molecular weight is 984 g/mol. The topological polar surface area (TPSA) is 11.4 Å². The van der Waals surface area contributed by atoms with Gasteiger partial charge in [-0.05, 0) is 156 Å². The molecule has 0 atom stereocenters.